The molecule has 7 heteroatoms. The summed E-state index contributed by atoms with van der Waals surface area (Å²) in [5.74, 6) is -0.248. The first-order chi connectivity index (χ1) is 11.0. The van der Waals surface area contributed by atoms with Gasteiger partial charge in [-0.1, -0.05) is 12.1 Å². The molecule has 3 rings (SSSR count). The van der Waals surface area contributed by atoms with Crippen molar-refractivity contribution in [2.45, 2.75) is 26.2 Å². The van der Waals surface area contributed by atoms with Gasteiger partial charge in [-0.2, -0.15) is 5.10 Å². The Morgan fingerprint density at radius 2 is 2.22 bits per heavy atom. The van der Waals surface area contributed by atoms with Crippen LogP contribution in [0.2, 0.25) is 0 Å². The minimum Gasteiger partial charge on any atom is -0.266 e. The van der Waals surface area contributed by atoms with Gasteiger partial charge in [0.05, 0.1) is 16.0 Å². The molecule has 1 aromatic carbocycles. The summed E-state index contributed by atoms with van der Waals surface area (Å²) in [6.07, 6.45) is 4.65. The van der Waals surface area contributed by atoms with Crippen LogP contribution in [0.4, 0.5) is 5.69 Å². The molecule has 1 aliphatic carbocycles. The Balaban J connectivity index is 1.67. The molecule has 1 aliphatic rings. The van der Waals surface area contributed by atoms with Crippen molar-refractivity contribution in [2.75, 3.05) is 0 Å². The molecule has 0 bridgehead atoms. The number of carbonyl (C=O) groups is 1. The number of carbonyl (C=O) groups excluding carboxylic acids is 1. The molecule has 23 heavy (non-hydrogen) atoms. The van der Waals surface area contributed by atoms with E-state index in [0.29, 0.717) is 16.0 Å². The van der Waals surface area contributed by atoms with Crippen molar-refractivity contribution >= 4 is 29.1 Å². The van der Waals surface area contributed by atoms with E-state index in [9.17, 15) is 14.9 Å². The van der Waals surface area contributed by atoms with E-state index in [2.05, 4.69) is 10.5 Å². The van der Waals surface area contributed by atoms with Crippen LogP contribution >= 0.6 is 11.3 Å². The van der Waals surface area contributed by atoms with Crippen molar-refractivity contribution in [2.24, 2.45) is 5.10 Å². The third-order valence-electron chi connectivity index (χ3n) is 3.78. The number of hydrazone groups is 1. The van der Waals surface area contributed by atoms with Crippen molar-refractivity contribution in [3.63, 3.8) is 0 Å². The monoisotopic (exact) mass is 329 g/mol. The molecule has 0 radical (unpaired) electrons. The van der Waals surface area contributed by atoms with Crippen molar-refractivity contribution in [3.05, 3.63) is 60.8 Å². The lowest BCUT2D eigenvalue weighted by Gasteiger charge is -1.99. The second-order valence-electron chi connectivity index (χ2n) is 5.41. The summed E-state index contributed by atoms with van der Waals surface area (Å²) in [6, 6.07) is 6.74. The number of nitro benzene ring substituents is 1. The molecule has 2 aromatic rings. The second kappa shape index (κ2) is 6.29. The third-order valence-corrected chi connectivity index (χ3v) is 5.02. The molecule has 0 atom stereocenters. The van der Waals surface area contributed by atoms with E-state index in [4.69, 9.17) is 0 Å². The quantitative estimate of drug-likeness (QED) is 0.531. The molecule has 0 saturated carbocycles. The van der Waals surface area contributed by atoms with Crippen LogP contribution in [0.3, 0.4) is 0 Å². The van der Waals surface area contributed by atoms with Gasteiger partial charge in [0.2, 0.25) is 0 Å². The summed E-state index contributed by atoms with van der Waals surface area (Å²) in [5.41, 5.74) is 4.92. The van der Waals surface area contributed by atoms with Gasteiger partial charge in [-0.15, -0.1) is 11.3 Å². The van der Waals surface area contributed by atoms with E-state index in [1.54, 1.807) is 19.1 Å². The van der Waals surface area contributed by atoms with Gasteiger partial charge in [0.15, 0.2) is 0 Å². The number of hydrogen-bond donors (Lipinski definition) is 1. The molecular weight excluding hydrogens is 314 g/mol. The minimum atomic E-state index is -0.432. The lowest BCUT2D eigenvalue weighted by Crippen LogP contribution is -2.16. The molecule has 1 N–H and O–H groups in total. The maximum Gasteiger partial charge on any atom is 0.281 e. The number of nitro groups is 1. The van der Waals surface area contributed by atoms with Gasteiger partial charge in [0.1, 0.15) is 0 Å². The lowest BCUT2D eigenvalue weighted by molar-refractivity contribution is -0.385. The highest BCUT2D eigenvalue weighted by molar-refractivity contribution is 7.14. The molecule has 6 nitrogen and oxygen atoms in total. The average Bonchev–Trinajstić information content (AvgIpc) is 3.09. The standard InChI is InChI=1S/C16H15N3O3S/c1-10-5-6-11(7-13(10)19(21)22)9-17-18-16(20)15-8-12-3-2-4-14(12)23-15/h5-9H,2-4H2,1H3,(H,18,20)/b17-9-. The van der Waals surface area contributed by atoms with E-state index in [-0.39, 0.29) is 11.6 Å². The van der Waals surface area contributed by atoms with Crippen molar-refractivity contribution in [3.8, 4) is 0 Å². The number of fused-ring (bicyclic) bond motifs is 1. The fraction of sp³-hybridized carbons (Fsp3) is 0.250. The molecule has 118 valence electrons. The minimum absolute atomic E-state index is 0.0370. The zero-order chi connectivity index (χ0) is 16.4. The summed E-state index contributed by atoms with van der Waals surface area (Å²) < 4.78 is 0. The maximum absolute atomic E-state index is 12.0. The molecule has 0 saturated heterocycles. The van der Waals surface area contributed by atoms with Crippen LogP contribution in [-0.4, -0.2) is 17.0 Å². The van der Waals surface area contributed by atoms with Crippen molar-refractivity contribution in [1.29, 1.82) is 0 Å². The van der Waals surface area contributed by atoms with E-state index in [1.165, 1.54) is 34.1 Å². The van der Waals surface area contributed by atoms with E-state index in [0.717, 1.165) is 19.3 Å². The topological polar surface area (TPSA) is 84.6 Å². The van der Waals surface area contributed by atoms with Crippen LogP contribution in [0.25, 0.3) is 0 Å². The number of nitrogens with zero attached hydrogens (tertiary/aromatic N) is 2. The van der Waals surface area contributed by atoms with Crippen LogP contribution < -0.4 is 5.43 Å². The highest BCUT2D eigenvalue weighted by Crippen LogP contribution is 2.30. The maximum atomic E-state index is 12.0. The van der Waals surface area contributed by atoms with Gasteiger partial charge in [-0.05, 0) is 37.8 Å². The normalized spacial score (nSPS) is 13.3. The zero-order valence-electron chi connectivity index (χ0n) is 12.5. The molecule has 1 amide bonds. The Kier molecular flexibility index (Phi) is 4.20. The molecule has 0 aliphatic heterocycles. The molecular formula is C16H15N3O3S. The Morgan fingerprint density at radius 3 is 2.96 bits per heavy atom. The van der Waals surface area contributed by atoms with Gasteiger partial charge >= 0.3 is 0 Å². The smallest absolute Gasteiger partial charge is 0.266 e. The van der Waals surface area contributed by atoms with Crippen molar-refractivity contribution in [1.82, 2.24) is 5.43 Å². The number of rotatable bonds is 4. The van der Waals surface area contributed by atoms with Gasteiger partial charge < -0.3 is 0 Å². The third kappa shape index (κ3) is 3.29. The highest BCUT2D eigenvalue weighted by atomic mass is 32.1. The Labute approximate surface area is 137 Å². The lowest BCUT2D eigenvalue weighted by atomic mass is 10.1. The molecule has 0 fully saturated rings. The van der Waals surface area contributed by atoms with Crippen LogP contribution in [0.5, 0.6) is 0 Å². The molecule has 1 aromatic heterocycles. The SMILES string of the molecule is Cc1ccc(/C=N\NC(=O)c2cc3c(s2)CCC3)cc1[N+](=O)[O-]. The number of aryl methyl sites for hydroxylation is 3. The highest BCUT2D eigenvalue weighted by Gasteiger charge is 2.18. The zero-order valence-corrected chi connectivity index (χ0v) is 13.4. The fourth-order valence-electron chi connectivity index (χ4n) is 2.56. The van der Waals surface area contributed by atoms with Crippen LogP contribution in [-0.2, 0) is 12.8 Å². The summed E-state index contributed by atoms with van der Waals surface area (Å²) in [7, 11) is 0. The van der Waals surface area contributed by atoms with Gasteiger partial charge in [-0.3, -0.25) is 14.9 Å². The average molecular weight is 329 g/mol. The molecule has 0 spiro atoms. The number of thiophene rings is 1. The number of amides is 1. The molecule has 0 unspecified atom stereocenters. The summed E-state index contributed by atoms with van der Waals surface area (Å²) in [4.78, 5) is 24.5. The van der Waals surface area contributed by atoms with Crippen LogP contribution in [0.1, 0.15) is 37.7 Å². The van der Waals surface area contributed by atoms with Gasteiger partial charge in [0.25, 0.3) is 11.6 Å². The first-order valence-corrected chi connectivity index (χ1v) is 8.06. The first kappa shape index (κ1) is 15.4. The Bertz CT molecular complexity index is 789. The van der Waals surface area contributed by atoms with E-state index >= 15 is 0 Å². The largest absolute Gasteiger partial charge is 0.281 e. The second-order valence-corrected chi connectivity index (χ2v) is 6.55. The Morgan fingerprint density at radius 1 is 1.39 bits per heavy atom. The summed E-state index contributed by atoms with van der Waals surface area (Å²) >= 11 is 1.51. The van der Waals surface area contributed by atoms with Crippen molar-refractivity contribution < 1.29 is 9.72 Å². The van der Waals surface area contributed by atoms with Crippen LogP contribution in [0, 0.1) is 17.0 Å². The van der Waals surface area contributed by atoms with Gasteiger partial charge in [0, 0.05) is 22.1 Å². The van der Waals surface area contributed by atoms with E-state index < -0.39 is 4.92 Å². The van der Waals surface area contributed by atoms with E-state index in [1.807, 2.05) is 6.07 Å². The molecule has 1 heterocycles. The fourth-order valence-corrected chi connectivity index (χ4v) is 3.71. The summed E-state index contributed by atoms with van der Waals surface area (Å²) in [5, 5.41) is 14.8. The first-order valence-electron chi connectivity index (χ1n) is 7.24. The Hall–Kier alpha value is -2.54. The number of hydrogen-bond acceptors (Lipinski definition) is 5. The van der Waals surface area contributed by atoms with Gasteiger partial charge in [-0.25, -0.2) is 5.43 Å². The number of benzene rings is 1. The predicted octanol–water partition coefficient (Wildman–Crippen LogP) is 3.22. The predicted molar refractivity (Wildman–Crippen MR) is 89.2 cm³/mol. The van der Waals surface area contributed by atoms with Crippen LogP contribution in [0.15, 0.2) is 29.4 Å². The number of nitrogens with one attached hydrogen (secondary N) is 1. The summed E-state index contributed by atoms with van der Waals surface area (Å²) in [6.45, 7) is 1.68.